The minimum Gasteiger partial charge on any atom is -0.393 e. The van der Waals surface area contributed by atoms with E-state index in [-0.39, 0.29) is 18.1 Å². The van der Waals surface area contributed by atoms with E-state index >= 15 is 0 Å². The van der Waals surface area contributed by atoms with Crippen molar-refractivity contribution in [1.82, 2.24) is 9.88 Å². The van der Waals surface area contributed by atoms with E-state index < -0.39 is 0 Å². The summed E-state index contributed by atoms with van der Waals surface area (Å²) in [5.41, 5.74) is 1.97. The average Bonchev–Trinajstić information content (AvgIpc) is 2.87. The number of benzene rings is 1. The topological polar surface area (TPSA) is 66.3 Å². The van der Waals surface area contributed by atoms with Gasteiger partial charge in [-0.25, -0.2) is 4.79 Å². The van der Waals surface area contributed by atoms with Crippen LogP contribution in [-0.4, -0.2) is 28.4 Å². The van der Waals surface area contributed by atoms with Crippen LogP contribution in [-0.2, 0) is 6.54 Å². The quantitative estimate of drug-likeness (QED) is 0.730. The molecule has 23 heavy (non-hydrogen) atoms. The predicted octanol–water partition coefficient (Wildman–Crippen LogP) is 3.58. The van der Waals surface area contributed by atoms with Gasteiger partial charge in [0, 0.05) is 35.9 Å². The largest absolute Gasteiger partial charge is 0.393 e. The lowest BCUT2D eigenvalue weighted by molar-refractivity contribution is 0.163. The number of amides is 2. The van der Waals surface area contributed by atoms with E-state index in [1.54, 1.807) is 6.92 Å². The van der Waals surface area contributed by atoms with Gasteiger partial charge in [-0.2, -0.15) is 0 Å². The molecule has 0 aliphatic carbocycles. The number of urea groups is 1. The maximum absolute atomic E-state index is 12.0. The van der Waals surface area contributed by atoms with Gasteiger partial charge in [0.2, 0.25) is 0 Å². The molecule has 0 saturated heterocycles. The second-order valence-electron chi connectivity index (χ2n) is 6.31. The second kappa shape index (κ2) is 8.02. The number of hydrogen-bond donors (Lipinski definition) is 3. The number of anilines is 1. The van der Waals surface area contributed by atoms with E-state index in [1.165, 1.54) is 5.52 Å². The molecule has 2 rings (SSSR count). The standard InChI is InChI=1S/C18H27N3O2/c1-4-8-21-9-7-15-11-16(5-6-17(15)21)20-18(23)19-12-13(2)10-14(3)22/h5-7,9,11,13-14,22H,4,8,10,12H2,1-3H3,(H2,19,20,23). The van der Waals surface area contributed by atoms with Crippen molar-refractivity contribution in [2.75, 3.05) is 11.9 Å². The molecule has 2 unspecified atom stereocenters. The second-order valence-corrected chi connectivity index (χ2v) is 6.31. The summed E-state index contributed by atoms with van der Waals surface area (Å²) in [7, 11) is 0. The number of aliphatic hydroxyl groups is 1. The van der Waals surface area contributed by atoms with Gasteiger partial charge in [0.15, 0.2) is 0 Å². The average molecular weight is 317 g/mol. The number of aliphatic hydroxyl groups excluding tert-OH is 1. The van der Waals surface area contributed by atoms with Crippen LogP contribution in [0.15, 0.2) is 30.5 Å². The molecule has 2 aromatic rings. The lowest BCUT2D eigenvalue weighted by atomic mass is 10.1. The first-order valence-corrected chi connectivity index (χ1v) is 8.31. The normalized spacial score (nSPS) is 13.7. The number of aryl methyl sites for hydroxylation is 1. The number of nitrogens with one attached hydrogen (secondary N) is 2. The van der Waals surface area contributed by atoms with Crippen LogP contribution < -0.4 is 10.6 Å². The molecule has 2 atom stereocenters. The highest BCUT2D eigenvalue weighted by Gasteiger charge is 2.09. The lowest BCUT2D eigenvalue weighted by Gasteiger charge is -2.14. The Hall–Kier alpha value is -2.01. The van der Waals surface area contributed by atoms with Crippen molar-refractivity contribution in [3.05, 3.63) is 30.5 Å². The van der Waals surface area contributed by atoms with Crippen molar-refractivity contribution in [1.29, 1.82) is 0 Å². The van der Waals surface area contributed by atoms with E-state index in [4.69, 9.17) is 0 Å². The Morgan fingerprint density at radius 1 is 1.30 bits per heavy atom. The third-order valence-corrected chi connectivity index (χ3v) is 3.85. The van der Waals surface area contributed by atoms with Crippen molar-refractivity contribution in [3.63, 3.8) is 0 Å². The highest BCUT2D eigenvalue weighted by Crippen LogP contribution is 2.20. The zero-order valence-electron chi connectivity index (χ0n) is 14.2. The summed E-state index contributed by atoms with van der Waals surface area (Å²) in [6, 6.07) is 7.80. The molecule has 0 aliphatic rings. The van der Waals surface area contributed by atoms with Crippen LogP contribution in [0.2, 0.25) is 0 Å². The molecule has 0 fully saturated rings. The third-order valence-electron chi connectivity index (χ3n) is 3.85. The number of rotatable bonds is 7. The van der Waals surface area contributed by atoms with Crippen molar-refractivity contribution >= 4 is 22.6 Å². The highest BCUT2D eigenvalue weighted by molar-refractivity contribution is 5.92. The molecule has 5 heteroatoms. The number of hydrogen-bond acceptors (Lipinski definition) is 2. The van der Waals surface area contributed by atoms with Gasteiger partial charge in [-0.05, 0) is 49.9 Å². The number of aromatic nitrogens is 1. The van der Waals surface area contributed by atoms with Crippen molar-refractivity contribution < 1.29 is 9.90 Å². The van der Waals surface area contributed by atoms with Gasteiger partial charge in [0.05, 0.1) is 6.10 Å². The summed E-state index contributed by atoms with van der Waals surface area (Å²) >= 11 is 0. The van der Waals surface area contributed by atoms with Crippen LogP contribution in [0, 0.1) is 5.92 Å². The molecule has 1 aromatic carbocycles. The van der Waals surface area contributed by atoms with Gasteiger partial charge in [-0.15, -0.1) is 0 Å². The van der Waals surface area contributed by atoms with Crippen molar-refractivity contribution in [3.8, 4) is 0 Å². The number of carbonyl (C=O) groups is 1. The van der Waals surface area contributed by atoms with Crippen LogP contribution in [0.1, 0.15) is 33.6 Å². The summed E-state index contributed by atoms with van der Waals surface area (Å²) in [6.45, 7) is 7.47. The molecule has 2 amide bonds. The van der Waals surface area contributed by atoms with Crippen LogP contribution in [0.4, 0.5) is 10.5 Å². The summed E-state index contributed by atoms with van der Waals surface area (Å²) in [6.07, 6.45) is 3.51. The Kier molecular flexibility index (Phi) is 6.04. The summed E-state index contributed by atoms with van der Waals surface area (Å²) < 4.78 is 2.22. The molecule has 1 heterocycles. The number of carbonyl (C=O) groups excluding carboxylic acids is 1. The van der Waals surface area contributed by atoms with Crippen LogP contribution >= 0.6 is 0 Å². The Morgan fingerprint density at radius 3 is 2.78 bits per heavy atom. The molecule has 0 spiro atoms. The lowest BCUT2D eigenvalue weighted by Crippen LogP contribution is -2.33. The van der Waals surface area contributed by atoms with E-state index in [2.05, 4.69) is 34.4 Å². The smallest absolute Gasteiger partial charge is 0.319 e. The van der Waals surface area contributed by atoms with Crippen LogP contribution in [0.5, 0.6) is 0 Å². The van der Waals surface area contributed by atoms with E-state index in [9.17, 15) is 9.90 Å². The summed E-state index contributed by atoms with van der Waals surface area (Å²) in [4.78, 5) is 12.0. The molecule has 0 radical (unpaired) electrons. The van der Waals surface area contributed by atoms with Crippen LogP contribution in [0.25, 0.3) is 10.9 Å². The fourth-order valence-corrected chi connectivity index (χ4v) is 2.82. The monoisotopic (exact) mass is 317 g/mol. The maximum Gasteiger partial charge on any atom is 0.319 e. The first-order chi connectivity index (χ1) is 11.0. The van der Waals surface area contributed by atoms with Gasteiger partial charge in [-0.1, -0.05) is 13.8 Å². The van der Waals surface area contributed by atoms with Crippen molar-refractivity contribution in [2.45, 2.75) is 46.3 Å². The Labute approximate surface area is 137 Å². The molecule has 0 saturated carbocycles. The first kappa shape index (κ1) is 17.3. The molecule has 0 bridgehead atoms. The summed E-state index contributed by atoms with van der Waals surface area (Å²) in [5, 5.41) is 16.2. The van der Waals surface area contributed by atoms with E-state index in [0.717, 1.165) is 24.0 Å². The molecular weight excluding hydrogens is 290 g/mol. The molecular formula is C18H27N3O2. The Morgan fingerprint density at radius 2 is 2.09 bits per heavy atom. The van der Waals surface area contributed by atoms with Crippen molar-refractivity contribution in [2.24, 2.45) is 5.92 Å². The molecule has 1 aromatic heterocycles. The van der Waals surface area contributed by atoms with Crippen LogP contribution in [0.3, 0.4) is 0 Å². The highest BCUT2D eigenvalue weighted by atomic mass is 16.3. The first-order valence-electron chi connectivity index (χ1n) is 8.31. The Balaban J connectivity index is 1.92. The fourth-order valence-electron chi connectivity index (χ4n) is 2.82. The Bertz CT molecular complexity index is 649. The SMILES string of the molecule is CCCn1ccc2cc(NC(=O)NCC(C)CC(C)O)ccc21. The minimum atomic E-state index is -0.343. The molecule has 5 nitrogen and oxygen atoms in total. The van der Waals surface area contributed by atoms with Gasteiger partial charge in [0.25, 0.3) is 0 Å². The number of fused-ring (bicyclic) bond motifs is 1. The van der Waals surface area contributed by atoms with Gasteiger partial charge < -0.3 is 20.3 Å². The number of nitrogens with zero attached hydrogens (tertiary/aromatic N) is 1. The fraction of sp³-hybridized carbons (Fsp3) is 0.500. The van der Waals surface area contributed by atoms with E-state index in [1.807, 2.05) is 25.1 Å². The zero-order chi connectivity index (χ0) is 16.8. The predicted molar refractivity (Wildman–Crippen MR) is 94.7 cm³/mol. The summed E-state index contributed by atoms with van der Waals surface area (Å²) in [5.74, 6) is 0.242. The van der Waals surface area contributed by atoms with Gasteiger partial charge in [-0.3, -0.25) is 0 Å². The van der Waals surface area contributed by atoms with E-state index in [0.29, 0.717) is 13.0 Å². The maximum atomic E-state index is 12.0. The molecule has 126 valence electrons. The molecule has 3 N–H and O–H groups in total. The molecule has 0 aliphatic heterocycles. The third kappa shape index (κ3) is 4.99. The van der Waals surface area contributed by atoms with Gasteiger partial charge in [0.1, 0.15) is 0 Å². The minimum absolute atomic E-state index is 0.213. The zero-order valence-corrected chi connectivity index (χ0v) is 14.2. The van der Waals surface area contributed by atoms with Gasteiger partial charge >= 0.3 is 6.03 Å².